The molecule has 12 amide bonds. The van der Waals surface area contributed by atoms with Gasteiger partial charge in [-0.05, 0) is 125 Å². The fraction of sp³-hybridized carbons (Fsp3) is 0.739. The fourth-order valence-corrected chi connectivity index (χ4v) is 15.1. The number of likely N-dealkylation sites (tertiary alicyclic amines) is 1. The molecule has 97 heavy (non-hydrogen) atoms. The smallest absolute Gasteiger partial charge is 0.343 e. The SMILES string of the molecule is CC(C)C[C@H]1C(=O)N[C@@H](C2CC2)C(=O)N(C)CC(=O)N(C)CC(=O)N(C)[C@@H](CC2CCCCC2)C(=O)N(C)CC(=O)N[C@@H](CCc2ccc(C(F)(F)F)c(Cl)c2)C(=O)N2CCC[C@H]2C(=O)NC2(CCCC2)C(=O)N(C)[C@@H](C(C)C)C(=O)N(C)[C@H](C(=O)N2CCCCC2)CC(=O)N1C. The highest BCUT2D eigenvalue weighted by molar-refractivity contribution is 6.31. The van der Waals surface area contributed by atoms with E-state index in [1.807, 2.05) is 13.8 Å². The number of carbonyl (C=O) groups is 12. The van der Waals surface area contributed by atoms with Crippen LogP contribution in [0.3, 0.4) is 0 Å². The Hall–Kier alpha value is -7.06. The molecule has 24 nitrogen and oxygen atoms in total. The van der Waals surface area contributed by atoms with Crippen molar-refractivity contribution >= 4 is 82.5 Å². The minimum atomic E-state index is -4.76. The van der Waals surface area contributed by atoms with Crippen molar-refractivity contribution in [3.8, 4) is 0 Å². The Labute approximate surface area is 574 Å². The molecule has 3 N–H and O–H groups in total. The molecule has 3 saturated carbocycles. The number of piperidine rings is 1. The van der Waals surface area contributed by atoms with E-state index in [0.29, 0.717) is 63.6 Å². The van der Waals surface area contributed by atoms with Crippen LogP contribution in [0.25, 0.3) is 0 Å². The van der Waals surface area contributed by atoms with Gasteiger partial charge in [-0.1, -0.05) is 90.3 Å². The molecule has 0 bridgehead atoms. The van der Waals surface area contributed by atoms with Crippen LogP contribution in [0.2, 0.25) is 5.02 Å². The summed E-state index contributed by atoms with van der Waals surface area (Å²) in [7, 11) is 9.89. The highest BCUT2D eigenvalue weighted by Gasteiger charge is 2.51. The van der Waals surface area contributed by atoms with Crippen LogP contribution in [-0.2, 0) is 70.1 Å². The lowest BCUT2D eigenvalue weighted by atomic mass is 9.84. The highest BCUT2D eigenvalue weighted by Crippen LogP contribution is 2.38. The van der Waals surface area contributed by atoms with Gasteiger partial charge in [0.2, 0.25) is 70.9 Å². The number of hydrogen-bond acceptors (Lipinski definition) is 12. The largest absolute Gasteiger partial charge is 0.417 e. The standard InChI is InChI=1S/C69H104ClF3N12O12/c1-42(2)35-51-60(90)75-58(46-26-27-46)65(95)79(7)40-56(88)77(5)41-57(89)81(9)52(37-44-21-14-12-15-22-44)63(93)78(6)39-54(86)74-49(29-25-45-24-28-47(48(70)36-45)69(71,72)73)62(92)85-34-20-23-50(85)61(91)76-68(30-16-17-31-68)67(97)83(11)59(43(3)4)66(96)82(10)53(38-55(87)80(51)8)64(94)84-32-18-13-19-33-84/h24,28,36,42-44,46,49-53,58-59H,12-23,25-27,29-35,37-41H2,1-11H3,(H,74,86)(H,75,90)(H,76,91)/t49-,50-,51-,52-,53-,58-,59-/m0/s1. The maximum Gasteiger partial charge on any atom is 0.417 e. The van der Waals surface area contributed by atoms with Gasteiger partial charge in [-0.25, -0.2) is 0 Å². The summed E-state index contributed by atoms with van der Waals surface area (Å²) in [6.45, 7) is 6.33. The molecule has 3 aliphatic heterocycles. The van der Waals surface area contributed by atoms with Crippen molar-refractivity contribution in [1.82, 2.24) is 60.0 Å². The van der Waals surface area contributed by atoms with Crippen LogP contribution in [0, 0.1) is 23.7 Å². The van der Waals surface area contributed by atoms with E-state index in [-0.39, 0.29) is 69.2 Å². The maximum atomic E-state index is 15.4. The molecule has 0 radical (unpaired) electrons. The monoisotopic (exact) mass is 1380 g/mol. The van der Waals surface area contributed by atoms with Crippen molar-refractivity contribution in [2.24, 2.45) is 23.7 Å². The number of nitrogens with one attached hydrogen (secondary N) is 3. The molecule has 6 aliphatic rings. The first-order valence-electron chi connectivity index (χ1n) is 34.8. The average Bonchev–Trinajstić information content (AvgIpc) is 1.76. The number of hydrogen-bond donors (Lipinski definition) is 3. The quantitative estimate of drug-likeness (QED) is 0.284. The van der Waals surface area contributed by atoms with E-state index >= 15 is 14.4 Å². The van der Waals surface area contributed by atoms with Crippen LogP contribution in [-0.4, -0.2) is 251 Å². The molecule has 540 valence electrons. The fourth-order valence-electron chi connectivity index (χ4n) is 14.7. The predicted molar refractivity (Wildman–Crippen MR) is 355 cm³/mol. The Bertz CT molecular complexity index is 3060. The van der Waals surface area contributed by atoms with Gasteiger partial charge in [0.05, 0.1) is 36.6 Å². The van der Waals surface area contributed by atoms with Gasteiger partial charge in [-0.3, -0.25) is 57.5 Å². The number of rotatable bonds is 10. The van der Waals surface area contributed by atoms with Crippen LogP contribution in [0.15, 0.2) is 18.2 Å². The van der Waals surface area contributed by atoms with Gasteiger partial charge >= 0.3 is 6.18 Å². The van der Waals surface area contributed by atoms with Crippen LogP contribution >= 0.6 is 11.6 Å². The van der Waals surface area contributed by atoms with Crippen molar-refractivity contribution in [1.29, 1.82) is 0 Å². The van der Waals surface area contributed by atoms with Crippen molar-refractivity contribution in [2.75, 3.05) is 88.6 Å². The Kier molecular flexibility index (Phi) is 26.8. The van der Waals surface area contributed by atoms with Gasteiger partial charge in [0.1, 0.15) is 47.8 Å². The summed E-state index contributed by atoms with van der Waals surface area (Å²) < 4.78 is 41.5. The molecular weight excluding hydrogens is 1280 g/mol. The van der Waals surface area contributed by atoms with Gasteiger partial charge in [-0.2, -0.15) is 13.2 Å². The second-order valence-electron chi connectivity index (χ2n) is 29.0. The average molecular weight is 1390 g/mol. The molecular formula is C69H104ClF3N12O12. The number of likely N-dealkylation sites (N-methyl/N-ethyl adjacent to an activating group) is 7. The van der Waals surface area contributed by atoms with E-state index in [1.54, 1.807) is 18.7 Å². The second kappa shape index (κ2) is 33.7. The summed E-state index contributed by atoms with van der Waals surface area (Å²) in [5.41, 5.74) is -2.35. The summed E-state index contributed by atoms with van der Waals surface area (Å²) >= 11 is 6.14. The van der Waals surface area contributed by atoms with Gasteiger partial charge in [0.15, 0.2) is 0 Å². The van der Waals surface area contributed by atoms with E-state index in [0.717, 1.165) is 60.5 Å². The van der Waals surface area contributed by atoms with Crippen molar-refractivity contribution in [3.05, 3.63) is 34.3 Å². The van der Waals surface area contributed by atoms with Crippen LogP contribution in [0.4, 0.5) is 13.2 Å². The summed E-state index contributed by atoms with van der Waals surface area (Å²) in [5.74, 6) is -8.78. The first-order chi connectivity index (χ1) is 45.7. The third kappa shape index (κ3) is 19.4. The number of benzene rings is 1. The van der Waals surface area contributed by atoms with Crippen LogP contribution in [0.5, 0.6) is 0 Å². The van der Waals surface area contributed by atoms with Gasteiger partial charge in [0.25, 0.3) is 0 Å². The second-order valence-corrected chi connectivity index (χ2v) is 29.4. The Morgan fingerprint density at radius 2 is 1.23 bits per heavy atom. The minimum Gasteiger partial charge on any atom is -0.343 e. The van der Waals surface area contributed by atoms with Gasteiger partial charge in [0, 0.05) is 69.0 Å². The number of aryl methyl sites for hydroxylation is 1. The Morgan fingerprint density at radius 1 is 0.619 bits per heavy atom. The van der Waals surface area contributed by atoms with E-state index in [2.05, 4.69) is 16.0 Å². The Balaban J connectivity index is 1.26. The lowest BCUT2D eigenvalue weighted by molar-refractivity contribution is -0.156. The highest BCUT2D eigenvalue weighted by atomic mass is 35.5. The molecule has 6 fully saturated rings. The van der Waals surface area contributed by atoms with E-state index in [9.17, 15) is 56.3 Å². The molecule has 0 aromatic heterocycles. The van der Waals surface area contributed by atoms with Crippen LogP contribution < -0.4 is 16.0 Å². The Morgan fingerprint density at radius 3 is 1.82 bits per heavy atom. The summed E-state index contributed by atoms with van der Waals surface area (Å²) in [6, 6.07) is -5.50. The van der Waals surface area contributed by atoms with E-state index < -0.39 is 167 Å². The number of carbonyl (C=O) groups excluding carboxylic acids is 12. The molecule has 7 rings (SSSR count). The third-order valence-corrected chi connectivity index (χ3v) is 21.1. The molecule has 7 atom stereocenters. The van der Waals surface area contributed by atoms with Crippen LogP contribution in [0.1, 0.15) is 167 Å². The number of alkyl halides is 3. The van der Waals surface area contributed by atoms with E-state index in [4.69, 9.17) is 11.6 Å². The minimum absolute atomic E-state index is 0.0240. The summed E-state index contributed by atoms with van der Waals surface area (Å²) in [4.78, 5) is 189. The van der Waals surface area contributed by atoms with Crippen molar-refractivity contribution in [3.63, 3.8) is 0 Å². The zero-order valence-electron chi connectivity index (χ0n) is 58.6. The van der Waals surface area contributed by atoms with Crippen molar-refractivity contribution in [2.45, 2.75) is 217 Å². The number of halogens is 4. The molecule has 3 heterocycles. The maximum absolute atomic E-state index is 15.4. The normalized spacial score (nSPS) is 26.8. The molecule has 1 aromatic carbocycles. The first kappa shape index (κ1) is 77.3. The van der Waals surface area contributed by atoms with Gasteiger partial charge in [-0.15, -0.1) is 0 Å². The molecule has 3 saturated heterocycles. The molecule has 1 spiro atoms. The molecule has 1 aromatic rings. The lowest BCUT2D eigenvalue weighted by Gasteiger charge is -2.42. The topological polar surface area (TPSA) is 270 Å². The molecule has 0 unspecified atom stereocenters. The number of nitrogens with zero attached hydrogens (tertiary/aromatic N) is 9. The molecule has 3 aliphatic carbocycles. The molecule has 28 heteroatoms. The summed E-state index contributed by atoms with van der Waals surface area (Å²) in [6.07, 6.45) is 4.32. The van der Waals surface area contributed by atoms with Gasteiger partial charge < -0.3 is 60.0 Å². The predicted octanol–water partition coefficient (Wildman–Crippen LogP) is 4.86. The van der Waals surface area contributed by atoms with Crippen molar-refractivity contribution < 1.29 is 70.7 Å². The summed E-state index contributed by atoms with van der Waals surface area (Å²) in [5, 5.41) is 8.10. The zero-order chi connectivity index (χ0) is 71.5. The first-order valence-corrected chi connectivity index (χ1v) is 35.2. The lowest BCUT2D eigenvalue weighted by Crippen LogP contribution is -2.65. The zero-order valence-corrected chi connectivity index (χ0v) is 59.4. The third-order valence-electron chi connectivity index (χ3n) is 20.8. The number of fused-ring (bicyclic) bond motifs is 1. The number of amides is 12. The van der Waals surface area contributed by atoms with E-state index in [1.165, 1.54) is 84.8 Å².